The van der Waals surface area contributed by atoms with Crippen molar-refractivity contribution in [1.82, 2.24) is 0 Å². The molecule has 49 heavy (non-hydrogen) atoms. The fourth-order valence-electron chi connectivity index (χ4n) is 6.50. The van der Waals surface area contributed by atoms with Crippen molar-refractivity contribution in [3.63, 3.8) is 0 Å². The molecule has 0 aromatic heterocycles. The molecule has 3 saturated heterocycles. The summed E-state index contributed by atoms with van der Waals surface area (Å²) < 4.78 is 40.2. The summed E-state index contributed by atoms with van der Waals surface area (Å²) in [4.78, 5) is 36.3. The third-order valence-corrected chi connectivity index (χ3v) is 9.25. The largest absolute Gasteiger partial charge is 0.466 e. The van der Waals surface area contributed by atoms with Gasteiger partial charge in [0.2, 0.25) is 5.79 Å². The van der Waals surface area contributed by atoms with Crippen LogP contribution in [0.5, 0.6) is 0 Å². The maximum Gasteiger partial charge on any atom is 0.330 e. The molecule has 3 fully saturated rings. The molecule has 0 spiro atoms. The number of hydrogen-bond donors (Lipinski definition) is 3. The normalized spacial score (nSPS) is 31.6. The molecule has 13 heteroatoms. The van der Waals surface area contributed by atoms with Gasteiger partial charge in [-0.25, -0.2) is 4.79 Å². The van der Waals surface area contributed by atoms with Crippen molar-refractivity contribution in [2.24, 2.45) is 5.41 Å². The highest BCUT2D eigenvalue weighted by atomic mass is 16.7. The molecule has 0 aliphatic carbocycles. The second-order valence-electron chi connectivity index (χ2n) is 13.6. The van der Waals surface area contributed by atoms with E-state index in [4.69, 9.17) is 33.2 Å². The van der Waals surface area contributed by atoms with Crippen molar-refractivity contribution in [2.75, 3.05) is 20.3 Å². The van der Waals surface area contributed by atoms with Crippen LogP contribution in [0.2, 0.25) is 0 Å². The number of aliphatic hydroxyl groups is 3. The van der Waals surface area contributed by atoms with E-state index >= 15 is 0 Å². The molecule has 278 valence electrons. The number of rotatable bonds is 16. The van der Waals surface area contributed by atoms with Gasteiger partial charge < -0.3 is 48.5 Å². The lowest BCUT2D eigenvalue weighted by Gasteiger charge is -2.48. The summed E-state index contributed by atoms with van der Waals surface area (Å²) in [6.07, 6.45) is 7.33. The smallest absolute Gasteiger partial charge is 0.330 e. The highest BCUT2D eigenvalue weighted by Crippen LogP contribution is 2.44. The number of carbonyl (C=O) groups is 3. The van der Waals surface area contributed by atoms with Gasteiger partial charge in [-0.05, 0) is 50.2 Å². The molecule has 3 rings (SSSR count). The quantitative estimate of drug-likeness (QED) is 0.0925. The summed E-state index contributed by atoms with van der Waals surface area (Å²) in [6.45, 7) is 10.2. The lowest BCUT2D eigenvalue weighted by atomic mass is 9.75. The van der Waals surface area contributed by atoms with Crippen LogP contribution in [-0.2, 0) is 47.5 Å². The number of aliphatic hydroxyl groups excluding tert-OH is 2. The first-order valence-electron chi connectivity index (χ1n) is 17.3. The zero-order valence-corrected chi connectivity index (χ0v) is 29.5. The molecule has 3 aliphatic rings. The topological polar surface area (TPSA) is 177 Å². The van der Waals surface area contributed by atoms with Gasteiger partial charge in [0.05, 0.1) is 57.3 Å². The van der Waals surface area contributed by atoms with Gasteiger partial charge in [-0.3, -0.25) is 9.59 Å². The highest BCUT2D eigenvalue weighted by molar-refractivity contribution is 5.83. The molecule has 13 nitrogen and oxygen atoms in total. The van der Waals surface area contributed by atoms with Gasteiger partial charge in [-0.2, -0.15) is 0 Å². The Hall–Kier alpha value is -2.65. The third kappa shape index (κ3) is 12.0. The van der Waals surface area contributed by atoms with Gasteiger partial charge in [0.1, 0.15) is 6.10 Å². The number of esters is 3. The first-order valence-corrected chi connectivity index (χ1v) is 17.3. The van der Waals surface area contributed by atoms with E-state index in [2.05, 4.69) is 6.58 Å². The number of ether oxygens (including phenoxy) is 7. The highest BCUT2D eigenvalue weighted by Gasteiger charge is 2.55. The van der Waals surface area contributed by atoms with Gasteiger partial charge in [0, 0.05) is 37.7 Å². The maximum atomic E-state index is 12.2. The van der Waals surface area contributed by atoms with Gasteiger partial charge in [-0.1, -0.05) is 32.9 Å². The Morgan fingerprint density at radius 1 is 1.12 bits per heavy atom. The van der Waals surface area contributed by atoms with Crippen LogP contribution >= 0.6 is 0 Å². The van der Waals surface area contributed by atoms with Crippen molar-refractivity contribution in [3.05, 3.63) is 36.5 Å². The lowest BCUT2D eigenvalue weighted by Crippen LogP contribution is -2.59. The van der Waals surface area contributed by atoms with E-state index in [1.807, 2.05) is 6.92 Å². The Balaban J connectivity index is 1.67. The SMILES string of the molecule is C=CC[C@H]1C[C@@H](C[C@H]2CCC[C@@H](C[C@@H](O)CC(=O)O[C@H](CC)CO)O2)O[C@@H](/C=C/C(C)(C)[C@]2(O)OCC/C(=C\C(=O)OC)[C@@H]2OC(C)=O)O1. The minimum Gasteiger partial charge on any atom is -0.466 e. The molecule has 0 unspecified atom stereocenters. The van der Waals surface area contributed by atoms with Gasteiger partial charge in [0.15, 0.2) is 12.4 Å². The van der Waals surface area contributed by atoms with Crippen LogP contribution in [0, 0.1) is 5.41 Å². The number of carbonyl (C=O) groups excluding carboxylic acids is 3. The minimum absolute atomic E-state index is 0.0841. The van der Waals surface area contributed by atoms with E-state index in [1.54, 1.807) is 32.1 Å². The van der Waals surface area contributed by atoms with E-state index in [-0.39, 0.29) is 50.5 Å². The standard InChI is InChI=1S/C36H56O13/c1-7-10-27-20-30(21-29-12-9-11-28(46-29)18-25(39)19-32(41)47-26(8-2)22-37)49-33(48-27)13-15-35(4,5)36(42)34(45-23(3)38)24(14-16-44-36)17-31(40)43-6/h7,13,15,17,25-30,33-34,37,39,42H,1,8-12,14,16,18-22H2,2-6H3/b15-13+,24-17+/t25-,26-,27+,28+,29-,30+,33+,34+,36-/m1/s1. The predicted octanol–water partition coefficient (Wildman–Crippen LogP) is 3.57. The Morgan fingerprint density at radius 2 is 1.84 bits per heavy atom. The Morgan fingerprint density at radius 3 is 2.49 bits per heavy atom. The minimum atomic E-state index is -2.02. The number of methoxy groups -OCH3 is 1. The van der Waals surface area contributed by atoms with Crippen LogP contribution < -0.4 is 0 Å². The van der Waals surface area contributed by atoms with Gasteiger partial charge in [-0.15, -0.1) is 6.58 Å². The van der Waals surface area contributed by atoms with E-state index in [1.165, 1.54) is 20.1 Å². The zero-order valence-electron chi connectivity index (χ0n) is 29.5. The second-order valence-corrected chi connectivity index (χ2v) is 13.6. The molecule has 0 aromatic rings. The van der Waals surface area contributed by atoms with Crippen molar-refractivity contribution < 1.29 is 62.9 Å². The average molecular weight is 697 g/mol. The van der Waals surface area contributed by atoms with E-state index in [0.717, 1.165) is 19.3 Å². The van der Waals surface area contributed by atoms with E-state index in [9.17, 15) is 29.7 Å². The molecule has 0 saturated carbocycles. The van der Waals surface area contributed by atoms with Crippen molar-refractivity contribution >= 4 is 17.9 Å². The molecule has 3 N–H and O–H groups in total. The lowest BCUT2D eigenvalue weighted by molar-refractivity contribution is -0.305. The number of hydrogen-bond acceptors (Lipinski definition) is 13. The summed E-state index contributed by atoms with van der Waals surface area (Å²) in [6, 6.07) is 0. The summed E-state index contributed by atoms with van der Waals surface area (Å²) in [5.41, 5.74) is -0.780. The first-order chi connectivity index (χ1) is 23.2. The van der Waals surface area contributed by atoms with E-state index in [0.29, 0.717) is 37.7 Å². The third-order valence-electron chi connectivity index (χ3n) is 9.25. The molecule has 3 aliphatic heterocycles. The Labute approximate surface area is 289 Å². The fraction of sp³-hybridized carbons (Fsp3) is 0.750. The van der Waals surface area contributed by atoms with Crippen LogP contribution in [0.1, 0.15) is 91.9 Å². The van der Waals surface area contributed by atoms with Crippen LogP contribution in [0.15, 0.2) is 36.5 Å². The average Bonchev–Trinajstić information content (AvgIpc) is 3.04. The van der Waals surface area contributed by atoms with Gasteiger partial charge >= 0.3 is 17.9 Å². The second kappa shape index (κ2) is 19.1. The summed E-state index contributed by atoms with van der Waals surface area (Å²) >= 11 is 0. The molecule has 0 aromatic carbocycles. The van der Waals surface area contributed by atoms with Crippen molar-refractivity contribution in [1.29, 1.82) is 0 Å². The summed E-state index contributed by atoms with van der Waals surface area (Å²) in [5.74, 6) is -3.86. The molecule has 0 bridgehead atoms. The van der Waals surface area contributed by atoms with E-state index < -0.39 is 53.7 Å². The molecule has 0 radical (unpaired) electrons. The first kappa shape index (κ1) is 40.8. The zero-order chi connectivity index (χ0) is 36.2. The van der Waals surface area contributed by atoms with Crippen LogP contribution in [0.3, 0.4) is 0 Å². The van der Waals surface area contributed by atoms with Gasteiger partial charge in [0.25, 0.3) is 0 Å². The molecule has 3 heterocycles. The molecular formula is C36H56O13. The van der Waals surface area contributed by atoms with Crippen molar-refractivity contribution in [2.45, 2.75) is 147 Å². The van der Waals surface area contributed by atoms with Crippen LogP contribution in [0.4, 0.5) is 0 Å². The van der Waals surface area contributed by atoms with Crippen LogP contribution in [-0.4, -0.2) is 108 Å². The molecular weight excluding hydrogens is 640 g/mol. The Bertz CT molecular complexity index is 1160. The monoisotopic (exact) mass is 696 g/mol. The molecule has 9 atom stereocenters. The van der Waals surface area contributed by atoms with Crippen molar-refractivity contribution in [3.8, 4) is 0 Å². The fourth-order valence-corrected chi connectivity index (χ4v) is 6.50. The Kier molecular flexibility index (Phi) is 15.9. The summed E-state index contributed by atoms with van der Waals surface area (Å²) in [7, 11) is 1.24. The molecule has 0 amide bonds. The maximum absolute atomic E-state index is 12.2. The summed E-state index contributed by atoms with van der Waals surface area (Å²) in [5, 5.41) is 31.7. The van der Waals surface area contributed by atoms with Crippen LogP contribution in [0.25, 0.3) is 0 Å². The predicted molar refractivity (Wildman–Crippen MR) is 177 cm³/mol.